The van der Waals surface area contributed by atoms with Crippen LogP contribution >= 0.6 is 11.6 Å². The molecule has 0 N–H and O–H groups in total. The Morgan fingerprint density at radius 2 is 1.95 bits per heavy atom. The monoisotopic (exact) mass is 285 g/mol. The summed E-state index contributed by atoms with van der Waals surface area (Å²) in [7, 11) is 1.45. The van der Waals surface area contributed by atoms with Gasteiger partial charge in [-0.3, -0.25) is 0 Å². The van der Waals surface area contributed by atoms with E-state index in [4.69, 9.17) is 16.3 Å². The molecule has 2 aromatic carbocycles. The summed E-state index contributed by atoms with van der Waals surface area (Å²) in [6.07, 6.45) is -4.48. The fourth-order valence-electron chi connectivity index (χ4n) is 1.73. The number of hydrogen-bond donors (Lipinski definition) is 0. The number of hydrogen-bond acceptors (Lipinski definition) is 1. The Bertz CT molecular complexity index is 593. The lowest BCUT2D eigenvalue weighted by molar-refractivity contribution is -0.137. The number of halogens is 4. The molecule has 2 aromatic rings. The van der Waals surface area contributed by atoms with E-state index < -0.39 is 11.7 Å². The van der Waals surface area contributed by atoms with Crippen LogP contribution in [0.2, 0.25) is 5.02 Å². The number of alkyl halides is 3. The third-order valence-electron chi connectivity index (χ3n) is 2.63. The minimum absolute atomic E-state index is 0.322. The molecule has 0 fully saturated rings. The van der Waals surface area contributed by atoms with E-state index in [2.05, 4.69) is 6.07 Å². The van der Waals surface area contributed by atoms with Gasteiger partial charge in [0.15, 0.2) is 0 Å². The van der Waals surface area contributed by atoms with Crippen molar-refractivity contribution in [2.24, 2.45) is 0 Å². The highest BCUT2D eigenvalue weighted by atomic mass is 35.5. The lowest BCUT2D eigenvalue weighted by Crippen LogP contribution is -2.06. The van der Waals surface area contributed by atoms with Crippen LogP contribution in [0.15, 0.2) is 36.4 Å². The fraction of sp³-hybridized carbons (Fsp3) is 0.143. The van der Waals surface area contributed by atoms with Crippen molar-refractivity contribution in [1.82, 2.24) is 0 Å². The molecule has 0 atom stereocenters. The molecule has 99 valence electrons. The first-order chi connectivity index (χ1) is 8.93. The van der Waals surface area contributed by atoms with E-state index in [0.717, 1.165) is 6.07 Å². The molecule has 2 rings (SSSR count). The molecule has 0 aliphatic carbocycles. The summed E-state index contributed by atoms with van der Waals surface area (Å²) in [5.74, 6) is 0.456. The highest BCUT2D eigenvalue weighted by Crippen LogP contribution is 2.38. The maximum atomic E-state index is 12.8. The smallest absolute Gasteiger partial charge is 0.417 e. The molecule has 1 radical (unpaired) electrons. The summed E-state index contributed by atoms with van der Waals surface area (Å²) in [6, 6.07) is 11.4. The first kappa shape index (κ1) is 13.7. The van der Waals surface area contributed by atoms with Crippen LogP contribution in [0.5, 0.6) is 5.75 Å². The van der Waals surface area contributed by atoms with Gasteiger partial charge in [-0.15, -0.1) is 0 Å². The zero-order valence-corrected chi connectivity index (χ0v) is 10.6. The number of rotatable bonds is 2. The summed E-state index contributed by atoms with van der Waals surface area (Å²) in [5, 5.41) is -0.322. The van der Waals surface area contributed by atoms with E-state index in [-0.39, 0.29) is 5.02 Å². The van der Waals surface area contributed by atoms with Crippen LogP contribution in [-0.4, -0.2) is 7.11 Å². The Balaban J connectivity index is 2.58. The maximum Gasteiger partial charge on any atom is 0.417 e. The number of ether oxygens (including phenoxy) is 1. The van der Waals surface area contributed by atoms with Gasteiger partial charge < -0.3 is 4.74 Å². The molecule has 0 spiro atoms. The average molecular weight is 286 g/mol. The van der Waals surface area contributed by atoms with Crippen LogP contribution in [0.25, 0.3) is 11.1 Å². The zero-order chi connectivity index (χ0) is 14.0. The predicted octanol–water partition coefficient (Wildman–Crippen LogP) is 4.83. The molecule has 0 amide bonds. The normalized spacial score (nSPS) is 11.4. The molecule has 0 aliphatic rings. The molecule has 0 heterocycles. The van der Waals surface area contributed by atoms with Gasteiger partial charge in [-0.2, -0.15) is 13.2 Å². The summed E-state index contributed by atoms with van der Waals surface area (Å²) in [5.41, 5.74) is 0.0903. The van der Waals surface area contributed by atoms with Crippen molar-refractivity contribution in [3.63, 3.8) is 0 Å². The third kappa shape index (κ3) is 2.84. The van der Waals surface area contributed by atoms with Gasteiger partial charge in [0.05, 0.1) is 17.7 Å². The SMILES string of the molecule is COc1c[c]ccc1-c1ccc(Cl)c(C(F)(F)F)c1. The first-order valence-electron chi connectivity index (χ1n) is 5.34. The Kier molecular flexibility index (Phi) is 3.71. The average Bonchev–Trinajstić information content (AvgIpc) is 2.38. The lowest BCUT2D eigenvalue weighted by Gasteiger charge is -2.13. The molecular formula is C14H9ClF3O. The van der Waals surface area contributed by atoms with E-state index in [1.807, 2.05) is 0 Å². The Labute approximate surface area is 113 Å². The Morgan fingerprint density at radius 3 is 2.58 bits per heavy atom. The van der Waals surface area contributed by atoms with Gasteiger partial charge in [0.25, 0.3) is 0 Å². The van der Waals surface area contributed by atoms with Crippen molar-refractivity contribution in [2.45, 2.75) is 6.18 Å². The molecule has 0 unspecified atom stereocenters. The van der Waals surface area contributed by atoms with Gasteiger partial charge in [0.1, 0.15) is 5.75 Å². The van der Waals surface area contributed by atoms with Crippen LogP contribution in [-0.2, 0) is 6.18 Å². The molecule has 0 aliphatic heterocycles. The first-order valence-corrected chi connectivity index (χ1v) is 5.72. The molecular weight excluding hydrogens is 277 g/mol. The minimum atomic E-state index is -4.48. The number of benzene rings is 2. The van der Waals surface area contributed by atoms with Crippen molar-refractivity contribution in [3.05, 3.63) is 53.1 Å². The van der Waals surface area contributed by atoms with Gasteiger partial charge >= 0.3 is 6.18 Å². The van der Waals surface area contributed by atoms with Gasteiger partial charge in [0.2, 0.25) is 0 Å². The topological polar surface area (TPSA) is 9.23 Å². The standard InChI is InChI=1S/C14H9ClF3O/c1-19-13-5-3-2-4-10(13)9-6-7-12(15)11(8-9)14(16,17)18/h2,4-8H,1H3. The second-order valence-electron chi connectivity index (χ2n) is 3.82. The summed E-state index contributed by atoms with van der Waals surface area (Å²) in [4.78, 5) is 0. The fourth-order valence-corrected chi connectivity index (χ4v) is 1.96. The summed E-state index contributed by atoms with van der Waals surface area (Å²) in [6.45, 7) is 0. The molecule has 0 saturated carbocycles. The van der Waals surface area contributed by atoms with Crippen LogP contribution < -0.4 is 4.74 Å². The van der Waals surface area contributed by atoms with Gasteiger partial charge in [0, 0.05) is 5.56 Å². The predicted molar refractivity (Wildman–Crippen MR) is 67.3 cm³/mol. The Hall–Kier alpha value is -1.68. The minimum Gasteiger partial charge on any atom is -0.496 e. The van der Waals surface area contributed by atoms with Gasteiger partial charge in [-0.25, -0.2) is 0 Å². The lowest BCUT2D eigenvalue weighted by atomic mass is 10.0. The van der Waals surface area contributed by atoms with E-state index in [0.29, 0.717) is 16.9 Å². The summed E-state index contributed by atoms with van der Waals surface area (Å²) < 4.78 is 43.5. The maximum absolute atomic E-state index is 12.8. The van der Waals surface area contributed by atoms with E-state index in [1.54, 1.807) is 18.2 Å². The van der Waals surface area contributed by atoms with Crippen molar-refractivity contribution < 1.29 is 17.9 Å². The molecule has 0 bridgehead atoms. The molecule has 0 aromatic heterocycles. The quantitative estimate of drug-likeness (QED) is 0.767. The third-order valence-corrected chi connectivity index (χ3v) is 2.96. The zero-order valence-electron chi connectivity index (χ0n) is 9.88. The van der Waals surface area contributed by atoms with Crippen molar-refractivity contribution in [3.8, 4) is 16.9 Å². The van der Waals surface area contributed by atoms with E-state index >= 15 is 0 Å². The molecule has 5 heteroatoms. The van der Waals surface area contributed by atoms with Crippen molar-refractivity contribution in [2.75, 3.05) is 7.11 Å². The van der Waals surface area contributed by atoms with Crippen LogP contribution in [0.3, 0.4) is 0 Å². The number of methoxy groups -OCH3 is 1. The van der Waals surface area contributed by atoms with Gasteiger partial charge in [-0.05, 0) is 29.8 Å². The Morgan fingerprint density at radius 1 is 1.21 bits per heavy atom. The van der Waals surface area contributed by atoms with Gasteiger partial charge in [-0.1, -0.05) is 29.8 Å². The van der Waals surface area contributed by atoms with E-state index in [1.165, 1.54) is 19.2 Å². The largest absolute Gasteiger partial charge is 0.496 e. The highest BCUT2D eigenvalue weighted by molar-refractivity contribution is 6.31. The van der Waals surface area contributed by atoms with Crippen LogP contribution in [0.1, 0.15) is 5.56 Å². The highest BCUT2D eigenvalue weighted by Gasteiger charge is 2.33. The van der Waals surface area contributed by atoms with E-state index in [9.17, 15) is 13.2 Å². The summed E-state index contributed by atoms with van der Waals surface area (Å²) >= 11 is 5.58. The van der Waals surface area contributed by atoms with Crippen molar-refractivity contribution in [1.29, 1.82) is 0 Å². The second-order valence-corrected chi connectivity index (χ2v) is 4.23. The second kappa shape index (κ2) is 5.13. The molecule has 1 nitrogen and oxygen atoms in total. The van der Waals surface area contributed by atoms with Crippen LogP contribution in [0, 0.1) is 6.07 Å². The molecule has 19 heavy (non-hydrogen) atoms. The van der Waals surface area contributed by atoms with Crippen molar-refractivity contribution >= 4 is 11.6 Å². The van der Waals surface area contributed by atoms with Crippen LogP contribution in [0.4, 0.5) is 13.2 Å². The molecule has 0 saturated heterocycles.